The Morgan fingerprint density at radius 3 is 2.67 bits per heavy atom. The van der Waals surface area contributed by atoms with Gasteiger partial charge in [0.05, 0.1) is 0 Å². The van der Waals surface area contributed by atoms with Crippen molar-refractivity contribution in [2.45, 2.75) is 36.0 Å². The third-order valence-electron chi connectivity index (χ3n) is 2.42. The molecule has 0 aliphatic heterocycles. The zero-order valence-corrected chi connectivity index (χ0v) is 11.3. The van der Waals surface area contributed by atoms with Crippen molar-refractivity contribution < 1.29 is 0 Å². The van der Waals surface area contributed by atoms with Gasteiger partial charge in [-0.05, 0) is 37.1 Å². The van der Waals surface area contributed by atoms with Gasteiger partial charge in [0.15, 0.2) is 0 Å². The summed E-state index contributed by atoms with van der Waals surface area (Å²) in [6.07, 6.45) is 2.74. The Kier molecular flexibility index (Phi) is 4.12. The maximum atomic E-state index is 3.56. The highest BCUT2D eigenvalue weighted by atomic mass is 79.9. The van der Waals surface area contributed by atoms with Gasteiger partial charge >= 0.3 is 0 Å². The molecule has 1 unspecified atom stereocenters. The Morgan fingerprint density at radius 1 is 1.40 bits per heavy atom. The zero-order valence-electron chi connectivity index (χ0n) is 8.87. The van der Waals surface area contributed by atoms with Crippen LogP contribution >= 0.6 is 27.7 Å². The summed E-state index contributed by atoms with van der Waals surface area (Å²) in [5.41, 5.74) is 0. The summed E-state index contributed by atoms with van der Waals surface area (Å²) < 4.78 is 1.15. The fourth-order valence-electron chi connectivity index (χ4n) is 1.41. The van der Waals surface area contributed by atoms with Gasteiger partial charge < -0.3 is 5.32 Å². The van der Waals surface area contributed by atoms with Crippen LogP contribution in [0.15, 0.2) is 33.6 Å². The monoisotopic (exact) mass is 285 g/mol. The van der Waals surface area contributed by atoms with E-state index in [9.17, 15) is 0 Å². The van der Waals surface area contributed by atoms with Crippen LogP contribution in [-0.2, 0) is 0 Å². The van der Waals surface area contributed by atoms with Crippen molar-refractivity contribution in [3.8, 4) is 0 Å². The lowest BCUT2D eigenvalue weighted by atomic mass is 10.4. The summed E-state index contributed by atoms with van der Waals surface area (Å²) in [4.78, 5) is 1.35. The van der Waals surface area contributed by atoms with Crippen molar-refractivity contribution in [2.24, 2.45) is 0 Å². The van der Waals surface area contributed by atoms with Crippen molar-refractivity contribution in [1.82, 2.24) is 5.32 Å². The lowest BCUT2D eigenvalue weighted by Crippen LogP contribution is -2.24. The Balaban J connectivity index is 1.76. The number of hydrogen-bond acceptors (Lipinski definition) is 2. The van der Waals surface area contributed by atoms with E-state index in [4.69, 9.17) is 0 Å². The molecule has 1 atom stereocenters. The minimum Gasteiger partial charge on any atom is -0.313 e. The Labute approximate surface area is 104 Å². The van der Waals surface area contributed by atoms with Gasteiger partial charge in [-0.3, -0.25) is 0 Å². The first-order chi connectivity index (χ1) is 7.24. The largest absolute Gasteiger partial charge is 0.313 e. The summed E-state index contributed by atoms with van der Waals surface area (Å²) in [5, 5.41) is 4.20. The Hall–Kier alpha value is 0.01000. The summed E-state index contributed by atoms with van der Waals surface area (Å²) in [6, 6.07) is 9.36. The molecule has 1 saturated carbocycles. The molecule has 15 heavy (non-hydrogen) atoms. The SMILES string of the molecule is CC(CNC1CC1)Sc1ccc(Br)cc1. The lowest BCUT2D eigenvalue weighted by Gasteiger charge is -2.11. The van der Waals surface area contributed by atoms with E-state index in [0.29, 0.717) is 5.25 Å². The van der Waals surface area contributed by atoms with Crippen molar-refractivity contribution >= 4 is 27.7 Å². The molecule has 2 rings (SSSR count). The van der Waals surface area contributed by atoms with Crippen LogP contribution in [0, 0.1) is 0 Å². The van der Waals surface area contributed by atoms with E-state index in [1.165, 1.54) is 17.7 Å². The topological polar surface area (TPSA) is 12.0 Å². The normalized spacial score (nSPS) is 17.7. The Morgan fingerprint density at radius 2 is 2.07 bits per heavy atom. The molecule has 0 amide bonds. The molecular formula is C12H16BrNS. The second-order valence-corrected chi connectivity index (χ2v) is 6.49. The van der Waals surface area contributed by atoms with Crippen LogP contribution in [0.2, 0.25) is 0 Å². The molecule has 0 radical (unpaired) electrons. The number of thioether (sulfide) groups is 1. The van der Waals surface area contributed by atoms with E-state index in [-0.39, 0.29) is 0 Å². The molecule has 0 saturated heterocycles. The molecule has 1 aliphatic carbocycles. The third kappa shape index (κ3) is 4.17. The van der Waals surface area contributed by atoms with Crippen molar-refractivity contribution in [3.05, 3.63) is 28.7 Å². The summed E-state index contributed by atoms with van der Waals surface area (Å²) in [5.74, 6) is 0. The second kappa shape index (κ2) is 5.37. The molecule has 0 heterocycles. The molecular weight excluding hydrogens is 270 g/mol. The number of nitrogens with one attached hydrogen (secondary N) is 1. The van der Waals surface area contributed by atoms with Gasteiger partial charge in [-0.1, -0.05) is 22.9 Å². The smallest absolute Gasteiger partial charge is 0.0191 e. The highest BCUT2D eigenvalue weighted by Crippen LogP contribution is 2.25. The molecule has 1 fully saturated rings. The zero-order chi connectivity index (χ0) is 10.7. The first-order valence-electron chi connectivity index (χ1n) is 5.39. The highest BCUT2D eigenvalue weighted by molar-refractivity contribution is 9.10. The minimum atomic E-state index is 0.645. The van der Waals surface area contributed by atoms with Crippen LogP contribution in [0.1, 0.15) is 19.8 Å². The standard InChI is InChI=1S/C12H16BrNS/c1-9(8-14-11-4-5-11)15-12-6-2-10(13)3-7-12/h2-3,6-7,9,11,14H,4-5,8H2,1H3. The molecule has 82 valence electrons. The average molecular weight is 286 g/mol. The molecule has 1 aromatic rings. The van der Waals surface area contributed by atoms with E-state index >= 15 is 0 Å². The predicted molar refractivity (Wildman–Crippen MR) is 70.5 cm³/mol. The van der Waals surface area contributed by atoms with Crippen molar-refractivity contribution in [2.75, 3.05) is 6.54 Å². The molecule has 1 nitrogen and oxygen atoms in total. The van der Waals surface area contributed by atoms with Crippen molar-refractivity contribution in [3.63, 3.8) is 0 Å². The van der Waals surface area contributed by atoms with Crippen molar-refractivity contribution in [1.29, 1.82) is 0 Å². The first kappa shape index (κ1) is 11.5. The van der Waals surface area contributed by atoms with E-state index < -0.39 is 0 Å². The van der Waals surface area contributed by atoms with Crippen LogP contribution in [0.25, 0.3) is 0 Å². The molecule has 1 aromatic carbocycles. The van der Waals surface area contributed by atoms with Gasteiger partial charge in [0.2, 0.25) is 0 Å². The van der Waals surface area contributed by atoms with Gasteiger partial charge in [-0.15, -0.1) is 11.8 Å². The maximum absolute atomic E-state index is 3.56. The molecule has 1 N–H and O–H groups in total. The molecule has 0 aromatic heterocycles. The van der Waals surface area contributed by atoms with Gasteiger partial charge in [-0.25, -0.2) is 0 Å². The van der Waals surface area contributed by atoms with Gasteiger partial charge in [0.1, 0.15) is 0 Å². The molecule has 0 spiro atoms. The fourth-order valence-corrected chi connectivity index (χ4v) is 2.61. The van der Waals surface area contributed by atoms with Crippen LogP contribution < -0.4 is 5.32 Å². The van der Waals surface area contributed by atoms with E-state index in [0.717, 1.165) is 17.1 Å². The summed E-state index contributed by atoms with van der Waals surface area (Å²) >= 11 is 5.39. The van der Waals surface area contributed by atoms with Crippen LogP contribution in [-0.4, -0.2) is 17.8 Å². The number of benzene rings is 1. The number of rotatable bonds is 5. The maximum Gasteiger partial charge on any atom is 0.0191 e. The van der Waals surface area contributed by atoms with Gasteiger partial charge in [0, 0.05) is 27.2 Å². The first-order valence-corrected chi connectivity index (χ1v) is 7.07. The van der Waals surface area contributed by atoms with Gasteiger partial charge in [0.25, 0.3) is 0 Å². The van der Waals surface area contributed by atoms with Crippen LogP contribution in [0.4, 0.5) is 0 Å². The minimum absolute atomic E-state index is 0.645. The molecule has 0 bridgehead atoms. The lowest BCUT2D eigenvalue weighted by molar-refractivity contribution is 0.679. The van der Waals surface area contributed by atoms with E-state index in [2.05, 4.69) is 52.4 Å². The third-order valence-corrected chi connectivity index (χ3v) is 4.06. The summed E-state index contributed by atoms with van der Waals surface area (Å²) in [6.45, 7) is 3.40. The molecule has 1 aliphatic rings. The average Bonchev–Trinajstić information content (AvgIpc) is 3.02. The predicted octanol–water partition coefficient (Wildman–Crippen LogP) is 3.68. The van der Waals surface area contributed by atoms with Crippen LogP contribution in [0.3, 0.4) is 0 Å². The van der Waals surface area contributed by atoms with E-state index in [1.54, 1.807) is 0 Å². The van der Waals surface area contributed by atoms with E-state index in [1.807, 2.05) is 11.8 Å². The van der Waals surface area contributed by atoms with Gasteiger partial charge in [-0.2, -0.15) is 0 Å². The Bertz CT molecular complexity index is 308. The number of halogens is 1. The highest BCUT2D eigenvalue weighted by Gasteiger charge is 2.20. The quantitative estimate of drug-likeness (QED) is 0.829. The second-order valence-electron chi connectivity index (χ2n) is 4.06. The molecule has 3 heteroatoms. The number of hydrogen-bond donors (Lipinski definition) is 1. The van der Waals surface area contributed by atoms with Crippen LogP contribution in [0.5, 0.6) is 0 Å². The fraction of sp³-hybridized carbons (Fsp3) is 0.500. The summed E-state index contributed by atoms with van der Waals surface area (Å²) in [7, 11) is 0.